The summed E-state index contributed by atoms with van der Waals surface area (Å²) in [4.78, 5) is 0. The molecule has 1 atom stereocenters. The highest BCUT2D eigenvalue weighted by atomic mass is 79.9. The third-order valence-corrected chi connectivity index (χ3v) is 5.55. The molecule has 0 aliphatic carbocycles. The molecule has 0 spiro atoms. The van der Waals surface area contributed by atoms with Crippen molar-refractivity contribution in [3.63, 3.8) is 0 Å². The van der Waals surface area contributed by atoms with Gasteiger partial charge in [-0.2, -0.15) is 0 Å². The molecule has 0 saturated heterocycles. The molecule has 3 heteroatoms. The first-order valence-electron chi connectivity index (χ1n) is 5.96. The van der Waals surface area contributed by atoms with Crippen LogP contribution in [0.4, 0.5) is 4.39 Å². The fourth-order valence-electron chi connectivity index (χ4n) is 2.03. The van der Waals surface area contributed by atoms with Crippen LogP contribution in [0.15, 0.2) is 24.3 Å². The van der Waals surface area contributed by atoms with Crippen LogP contribution >= 0.6 is 31.9 Å². The Kier molecular flexibility index (Phi) is 6.14. The quantitative estimate of drug-likeness (QED) is 0.601. The van der Waals surface area contributed by atoms with Crippen molar-refractivity contribution >= 4 is 31.9 Å². The Morgan fingerprint density at radius 1 is 1.18 bits per heavy atom. The Bertz CT molecular complexity index is 331. The molecule has 0 aliphatic heterocycles. The number of hydrogen-bond acceptors (Lipinski definition) is 0. The summed E-state index contributed by atoms with van der Waals surface area (Å²) in [5, 5.41) is 1.78. The van der Waals surface area contributed by atoms with Gasteiger partial charge < -0.3 is 0 Å². The predicted molar refractivity (Wildman–Crippen MR) is 79.7 cm³/mol. The van der Waals surface area contributed by atoms with Crippen LogP contribution in [0.25, 0.3) is 0 Å². The van der Waals surface area contributed by atoms with Crippen LogP contribution in [0.3, 0.4) is 0 Å². The van der Waals surface area contributed by atoms with Gasteiger partial charge in [-0.1, -0.05) is 64.3 Å². The number of hydrogen-bond donors (Lipinski definition) is 0. The van der Waals surface area contributed by atoms with Crippen LogP contribution in [0.5, 0.6) is 0 Å². The summed E-state index contributed by atoms with van der Waals surface area (Å²) in [6, 6.07) is 6.90. The van der Waals surface area contributed by atoms with E-state index in [1.165, 1.54) is 12.0 Å². The fraction of sp³-hybridized carbons (Fsp3) is 0.571. The molecule has 0 N–H and O–H groups in total. The number of rotatable bonds is 6. The molecule has 0 aromatic heterocycles. The van der Waals surface area contributed by atoms with E-state index in [9.17, 15) is 4.39 Å². The van der Waals surface area contributed by atoms with E-state index >= 15 is 0 Å². The van der Waals surface area contributed by atoms with Crippen LogP contribution in [0.1, 0.15) is 32.3 Å². The Labute approximate surface area is 120 Å². The van der Waals surface area contributed by atoms with E-state index in [1.807, 2.05) is 12.1 Å². The molecule has 1 aromatic rings. The Morgan fingerprint density at radius 2 is 1.71 bits per heavy atom. The van der Waals surface area contributed by atoms with Gasteiger partial charge in [0.1, 0.15) is 5.82 Å². The van der Waals surface area contributed by atoms with E-state index < -0.39 is 0 Å². The highest BCUT2D eigenvalue weighted by molar-refractivity contribution is 9.09. The summed E-state index contributed by atoms with van der Waals surface area (Å²) in [6.45, 7) is 4.48. The Morgan fingerprint density at radius 3 is 2.12 bits per heavy atom. The summed E-state index contributed by atoms with van der Waals surface area (Å²) >= 11 is 7.24. The minimum Gasteiger partial charge on any atom is -0.207 e. The largest absolute Gasteiger partial charge is 0.207 e. The van der Waals surface area contributed by atoms with Crippen molar-refractivity contribution < 1.29 is 4.39 Å². The van der Waals surface area contributed by atoms with E-state index in [4.69, 9.17) is 0 Å². The molecule has 0 bridgehead atoms. The predicted octanol–water partition coefficient (Wildman–Crippen LogP) is 5.29. The second-order valence-electron chi connectivity index (χ2n) is 4.77. The zero-order valence-corrected chi connectivity index (χ0v) is 13.5. The van der Waals surface area contributed by atoms with Crippen molar-refractivity contribution in [3.8, 4) is 0 Å². The van der Waals surface area contributed by atoms with Crippen LogP contribution in [-0.4, -0.2) is 10.7 Å². The van der Waals surface area contributed by atoms with Gasteiger partial charge in [0.15, 0.2) is 0 Å². The summed E-state index contributed by atoms with van der Waals surface area (Å²) in [5.41, 5.74) is 1.26. The molecule has 1 unspecified atom stereocenters. The molecule has 0 nitrogen and oxygen atoms in total. The minimum atomic E-state index is -0.171. The van der Waals surface area contributed by atoms with E-state index in [0.29, 0.717) is 5.92 Å². The maximum Gasteiger partial charge on any atom is 0.123 e. The molecular weight excluding hydrogens is 347 g/mol. The van der Waals surface area contributed by atoms with E-state index in [1.54, 1.807) is 12.1 Å². The zero-order valence-electron chi connectivity index (χ0n) is 10.3. The first kappa shape index (κ1) is 15.2. The molecule has 0 saturated carbocycles. The van der Waals surface area contributed by atoms with Gasteiger partial charge in [0.2, 0.25) is 0 Å². The Balaban J connectivity index is 3.01. The van der Waals surface area contributed by atoms with Gasteiger partial charge in [0.25, 0.3) is 0 Å². The van der Waals surface area contributed by atoms with Gasteiger partial charge in [-0.15, -0.1) is 0 Å². The van der Waals surface area contributed by atoms with Crippen LogP contribution in [0.2, 0.25) is 0 Å². The lowest BCUT2D eigenvalue weighted by Gasteiger charge is -2.33. The molecule has 0 radical (unpaired) electrons. The number of halogens is 3. The van der Waals surface area contributed by atoms with Crippen molar-refractivity contribution in [3.05, 3.63) is 35.6 Å². The third kappa shape index (κ3) is 3.78. The van der Waals surface area contributed by atoms with Crippen LogP contribution < -0.4 is 0 Å². The average Bonchev–Trinajstić information content (AvgIpc) is 2.37. The van der Waals surface area contributed by atoms with Crippen molar-refractivity contribution in [2.45, 2.75) is 32.1 Å². The number of alkyl halides is 2. The fourth-order valence-corrected chi connectivity index (χ4v) is 4.07. The number of benzene rings is 1. The highest BCUT2D eigenvalue weighted by Gasteiger charge is 2.31. The topological polar surface area (TPSA) is 0 Å². The highest BCUT2D eigenvalue weighted by Crippen LogP contribution is 2.36. The van der Waals surface area contributed by atoms with E-state index in [2.05, 4.69) is 45.7 Å². The van der Waals surface area contributed by atoms with E-state index in [-0.39, 0.29) is 11.2 Å². The second-order valence-corrected chi connectivity index (χ2v) is 5.89. The molecule has 17 heavy (non-hydrogen) atoms. The van der Waals surface area contributed by atoms with Gasteiger partial charge in [0.05, 0.1) is 0 Å². The zero-order chi connectivity index (χ0) is 12.9. The van der Waals surface area contributed by atoms with Crippen molar-refractivity contribution in [2.75, 3.05) is 10.7 Å². The van der Waals surface area contributed by atoms with Gasteiger partial charge in [-0.25, -0.2) is 4.39 Å². The molecular formula is C14H19Br2F. The van der Waals surface area contributed by atoms with E-state index in [0.717, 1.165) is 17.1 Å². The lowest BCUT2D eigenvalue weighted by molar-refractivity contribution is 0.386. The molecule has 96 valence electrons. The monoisotopic (exact) mass is 364 g/mol. The normalized spacial score (nSPS) is 13.7. The average molecular weight is 366 g/mol. The summed E-state index contributed by atoms with van der Waals surface area (Å²) < 4.78 is 13.0. The van der Waals surface area contributed by atoms with Crippen molar-refractivity contribution in [1.29, 1.82) is 0 Å². The second kappa shape index (κ2) is 6.89. The molecule has 0 heterocycles. The van der Waals surface area contributed by atoms with Crippen molar-refractivity contribution in [2.24, 2.45) is 5.92 Å². The Hall–Kier alpha value is 0.110. The molecule has 0 aliphatic rings. The van der Waals surface area contributed by atoms with Crippen LogP contribution in [-0.2, 0) is 5.41 Å². The third-order valence-electron chi connectivity index (χ3n) is 3.40. The summed E-state index contributed by atoms with van der Waals surface area (Å²) in [7, 11) is 0. The first-order chi connectivity index (χ1) is 8.07. The molecule has 0 amide bonds. The minimum absolute atomic E-state index is 0.0587. The summed E-state index contributed by atoms with van der Waals surface area (Å²) in [6.07, 6.45) is 2.27. The maximum atomic E-state index is 13.0. The van der Waals surface area contributed by atoms with Gasteiger partial charge in [0, 0.05) is 16.1 Å². The molecule has 1 aromatic carbocycles. The lowest BCUT2D eigenvalue weighted by atomic mass is 9.77. The van der Waals surface area contributed by atoms with Gasteiger partial charge >= 0.3 is 0 Å². The molecule has 1 rings (SSSR count). The SMILES string of the molecule is CCC(C)CC(CBr)(CBr)c1ccc(F)cc1. The van der Waals surface area contributed by atoms with Crippen LogP contribution in [0, 0.1) is 11.7 Å². The smallest absolute Gasteiger partial charge is 0.123 e. The van der Waals surface area contributed by atoms with Crippen molar-refractivity contribution in [1.82, 2.24) is 0 Å². The van der Waals surface area contributed by atoms with Gasteiger partial charge in [-0.05, 0) is 30.0 Å². The summed E-state index contributed by atoms with van der Waals surface area (Å²) in [5.74, 6) is 0.491. The standard InChI is InChI=1S/C14H19Br2F/c1-3-11(2)8-14(9-15,10-16)12-4-6-13(17)7-5-12/h4-7,11H,3,8-10H2,1-2H3. The first-order valence-corrected chi connectivity index (χ1v) is 8.20. The maximum absolute atomic E-state index is 13.0. The molecule has 0 fully saturated rings. The lowest BCUT2D eigenvalue weighted by Crippen LogP contribution is -2.32. The van der Waals surface area contributed by atoms with Gasteiger partial charge in [-0.3, -0.25) is 0 Å².